The quantitative estimate of drug-likeness (QED) is 0.832. The van der Waals surface area contributed by atoms with Crippen LogP contribution in [0.2, 0.25) is 0 Å². The molecule has 0 fully saturated rings. The van der Waals surface area contributed by atoms with E-state index in [0.29, 0.717) is 5.69 Å². The van der Waals surface area contributed by atoms with Gasteiger partial charge < -0.3 is 15.4 Å². The zero-order chi connectivity index (χ0) is 15.2. The molecule has 0 spiro atoms. The minimum atomic E-state index is -0.511. The maximum Gasteiger partial charge on any atom is 0.319 e. The van der Waals surface area contributed by atoms with Crippen molar-refractivity contribution < 1.29 is 14.3 Å². The molecule has 5 heteroatoms. The minimum absolute atomic E-state index is 0.138. The molecule has 110 valence electrons. The van der Waals surface area contributed by atoms with Gasteiger partial charge in [-0.05, 0) is 39.8 Å². The van der Waals surface area contributed by atoms with Crippen LogP contribution in [0.1, 0.15) is 34.1 Å². The Labute approximate surface area is 119 Å². The molecule has 0 saturated carbocycles. The number of amides is 2. The summed E-state index contributed by atoms with van der Waals surface area (Å²) in [6.45, 7) is 7.19. The van der Waals surface area contributed by atoms with Crippen molar-refractivity contribution in [2.24, 2.45) is 0 Å². The molecule has 2 amide bonds. The number of carbonyl (C=O) groups excluding carboxylic acids is 2. The zero-order valence-electron chi connectivity index (χ0n) is 12.4. The third-order valence-electron chi connectivity index (χ3n) is 2.30. The average Bonchev–Trinajstić information content (AvgIpc) is 2.26. The average molecular weight is 278 g/mol. The highest BCUT2D eigenvalue weighted by molar-refractivity contribution is 5.89. The largest absolute Gasteiger partial charge is 0.460 e. The summed E-state index contributed by atoms with van der Waals surface area (Å²) >= 11 is 0. The van der Waals surface area contributed by atoms with Crippen LogP contribution in [0.25, 0.3) is 0 Å². The van der Waals surface area contributed by atoms with Gasteiger partial charge in [0.1, 0.15) is 5.60 Å². The molecule has 5 nitrogen and oxygen atoms in total. The van der Waals surface area contributed by atoms with E-state index < -0.39 is 5.60 Å². The van der Waals surface area contributed by atoms with Crippen molar-refractivity contribution in [2.75, 3.05) is 5.32 Å². The summed E-state index contributed by atoms with van der Waals surface area (Å²) in [5.74, 6) is -0.329. The number of carbonyl (C=O) groups is 2. The van der Waals surface area contributed by atoms with E-state index in [1.54, 1.807) is 19.1 Å². The molecule has 0 aliphatic carbocycles. The van der Waals surface area contributed by atoms with E-state index in [0.717, 1.165) is 0 Å². The van der Waals surface area contributed by atoms with Gasteiger partial charge in [-0.1, -0.05) is 18.2 Å². The van der Waals surface area contributed by atoms with Gasteiger partial charge in [-0.3, -0.25) is 4.79 Å². The van der Waals surface area contributed by atoms with E-state index in [1.165, 1.54) is 0 Å². The van der Waals surface area contributed by atoms with E-state index in [1.807, 2.05) is 39.0 Å². The fraction of sp³-hybridized carbons (Fsp3) is 0.467. The minimum Gasteiger partial charge on any atom is -0.460 e. The van der Waals surface area contributed by atoms with E-state index in [4.69, 9.17) is 4.74 Å². The third kappa shape index (κ3) is 6.78. The van der Waals surface area contributed by atoms with Crippen LogP contribution in [-0.2, 0) is 9.53 Å². The molecular formula is C15H22N2O3. The van der Waals surface area contributed by atoms with E-state index >= 15 is 0 Å². The molecule has 0 unspecified atom stereocenters. The van der Waals surface area contributed by atoms with Gasteiger partial charge in [-0.15, -0.1) is 0 Å². The second-order valence-electron chi connectivity index (χ2n) is 5.66. The molecule has 0 bridgehead atoms. The smallest absolute Gasteiger partial charge is 0.319 e. The van der Waals surface area contributed by atoms with Gasteiger partial charge in [0.15, 0.2) is 0 Å². The first-order valence-electron chi connectivity index (χ1n) is 6.61. The fourth-order valence-corrected chi connectivity index (χ4v) is 1.60. The first-order chi connectivity index (χ1) is 9.26. The number of urea groups is 1. The molecule has 1 rings (SSSR count). The molecular weight excluding hydrogens is 256 g/mol. The summed E-state index contributed by atoms with van der Waals surface area (Å²) < 4.78 is 5.20. The standard InChI is InChI=1S/C15H22N2O3/c1-11(10-13(18)20-15(2,3)4)16-14(19)17-12-8-6-5-7-9-12/h5-9,11H,10H2,1-4H3,(H2,16,17,19)/t11-/m1/s1. The van der Waals surface area contributed by atoms with Crippen molar-refractivity contribution in [3.8, 4) is 0 Å². The van der Waals surface area contributed by atoms with Gasteiger partial charge >= 0.3 is 12.0 Å². The van der Waals surface area contributed by atoms with Crippen molar-refractivity contribution in [1.29, 1.82) is 0 Å². The number of esters is 1. The summed E-state index contributed by atoms with van der Waals surface area (Å²) in [6.07, 6.45) is 0.138. The van der Waals surface area contributed by atoms with Gasteiger partial charge in [-0.25, -0.2) is 4.79 Å². The lowest BCUT2D eigenvalue weighted by Gasteiger charge is -2.21. The van der Waals surface area contributed by atoms with Crippen LogP contribution in [0.4, 0.5) is 10.5 Å². The van der Waals surface area contributed by atoms with Gasteiger partial charge in [0.25, 0.3) is 0 Å². The predicted molar refractivity (Wildman–Crippen MR) is 78.5 cm³/mol. The maximum atomic E-state index is 11.7. The number of para-hydroxylation sites is 1. The molecule has 1 atom stereocenters. The van der Waals surface area contributed by atoms with E-state index in [9.17, 15) is 9.59 Å². The summed E-state index contributed by atoms with van der Waals surface area (Å²) in [7, 11) is 0. The Morgan fingerprint density at radius 2 is 1.80 bits per heavy atom. The lowest BCUT2D eigenvalue weighted by atomic mass is 10.2. The number of benzene rings is 1. The number of hydrogen-bond donors (Lipinski definition) is 2. The Hall–Kier alpha value is -2.04. The van der Waals surface area contributed by atoms with E-state index in [-0.39, 0.29) is 24.5 Å². The third-order valence-corrected chi connectivity index (χ3v) is 2.30. The highest BCUT2D eigenvalue weighted by Gasteiger charge is 2.19. The number of ether oxygens (including phenoxy) is 1. The van der Waals surface area contributed by atoms with Crippen molar-refractivity contribution in [1.82, 2.24) is 5.32 Å². The molecule has 0 aromatic heterocycles. The molecule has 2 N–H and O–H groups in total. The summed E-state index contributed by atoms with van der Waals surface area (Å²) in [5, 5.41) is 5.39. The highest BCUT2D eigenvalue weighted by Crippen LogP contribution is 2.09. The molecule has 0 aliphatic rings. The van der Waals surface area contributed by atoms with Crippen LogP contribution in [0.15, 0.2) is 30.3 Å². The van der Waals surface area contributed by atoms with Crippen LogP contribution in [0.5, 0.6) is 0 Å². The van der Waals surface area contributed by atoms with Crippen molar-refractivity contribution in [2.45, 2.75) is 45.8 Å². The van der Waals surface area contributed by atoms with Crippen LogP contribution < -0.4 is 10.6 Å². The normalized spacial score (nSPS) is 12.4. The lowest BCUT2D eigenvalue weighted by Crippen LogP contribution is -2.38. The molecule has 0 radical (unpaired) electrons. The van der Waals surface area contributed by atoms with Crippen molar-refractivity contribution in [3.63, 3.8) is 0 Å². The Morgan fingerprint density at radius 1 is 1.20 bits per heavy atom. The van der Waals surface area contributed by atoms with Crippen LogP contribution in [0.3, 0.4) is 0 Å². The second-order valence-corrected chi connectivity index (χ2v) is 5.66. The Balaban J connectivity index is 2.37. The molecule has 1 aromatic rings. The summed E-state index contributed by atoms with van der Waals surface area (Å²) in [5.41, 5.74) is 0.192. The lowest BCUT2D eigenvalue weighted by molar-refractivity contribution is -0.155. The van der Waals surface area contributed by atoms with Crippen LogP contribution in [-0.4, -0.2) is 23.6 Å². The van der Waals surface area contributed by atoms with Crippen LogP contribution in [0, 0.1) is 0 Å². The van der Waals surface area contributed by atoms with E-state index in [2.05, 4.69) is 10.6 Å². The number of anilines is 1. The SMILES string of the molecule is C[C@H](CC(=O)OC(C)(C)C)NC(=O)Nc1ccccc1. The molecule has 20 heavy (non-hydrogen) atoms. The Kier molecular flexibility index (Phi) is 5.55. The fourth-order valence-electron chi connectivity index (χ4n) is 1.60. The van der Waals surface area contributed by atoms with Gasteiger partial charge in [0, 0.05) is 11.7 Å². The Bertz CT molecular complexity index is 452. The monoisotopic (exact) mass is 278 g/mol. The molecule has 1 aromatic carbocycles. The number of rotatable bonds is 4. The molecule has 0 heterocycles. The number of hydrogen-bond acceptors (Lipinski definition) is 3. The first-order valence-corrected chi connectivity index (χ1v) is 6.61. The first kappa shape index (κ1) is 16.0. The second kappa shape index (κ2) is 6.93. The molecule has 0 aliphatic heterocycles. The highest BCUT2D eigenvalue weighted by atomic mass is 16.6. The van der Waals surface area contributed by atoms with Crippen LogP contribution >= 0.6 is 0 Å². The van der Waals surface area contributed by atoms with Crippen molar-refractivity contribution in [3.05, 3.63) is 30.3 Å². The predicted octanol–water partition coefficient (Wildman–Crippen LogP) is 2.93. The summed E-state index contributed by atoms with van der Waals surface area (Å²) in [4.78, 5) is 23.3. The zero-order valence-corrected chi connectivity index (χ0v) is 12.4. The van der Waals surface area contributed by atoms with Crippen molar-refractivity contribution >= 4 is 17.7 Å². The topological polar surface area (TPSA) is 67.4 Å². The van der Waals surface area contributed by atoms with Gasteiger partial charge in [0.2, 0.25) is 0 Å². The molecule has 0 saturated heterocycles. The Morgan fingerprint density at radius 3 is 2.35 bits per heavy atom. The van der Waals surface area contributed by atoms with Gasteiger partial charge in [-0.2, -0.15) is 0 Å². The maximum absolute atomic E-state index is 11.7. The van der Waals surface area contributed by atoms with Gasteiger partial charge in [0.05, 0.1) is 6.42 Å². The summed E-state index contributed by atoms with van der Waals surface area (Å²) in [6, 6.07) is 8.48. The number of nitrogens with one attached hydrogen (secondary N) is 2.